The zero-order valence-corrected chi connectivity index (χ0v) is 11.0. The Bertz CT molecular complexity index is 565. The van der Waals surface area contributed by atoms with Gasteiger partial charge in [0.2, 0.25) is 5.91 Å². The van der Waals surface area contributed by atoms with E-state index in [4.69, 9.17) is 10.8 Å². The number of aliphatic hydroxyl groups excluding tert-OH is 1. The minimum atomic E-state index is -0.587. The van der Waals surface area contributed by atoms with Gasteiger partial charge < -0.3 is 20.7 Å². The number of fused-ring (bicyclic) bond motifs is 1. The molecule has 1 aromatic carbocycles. The van der Waals surface area contributed by atoms with Gasteiger partial charge in [0.1, 0.15) is 0 Å². The van der Waals surface area contributed by atoms with Crippen LogP contribution in [0.25, 0.3) is 10.9 Å². The van der Waals surface area contributed by atoms with E-state index in [1.807, 2.05) is 30.5 Å². The smallest absolute Gasteiger partial charge is 0.239 e. The average Bonchev–Trinajstić information content (AvgIpc) is 2.81. The molecule has 0 bridgehead atoms. The number of amides is 1. The number of aromatic nitrogens is 1. The van der Waals surface area contributed by atoms with Crippen LogP contribution in [0.15, 0.2) is 30.5 Å². The number of rotatable bonds is 5. The first-order chi connectivity index (χ1) is 9.13. The maximum atomic E-state index is 12.0. The molecular weight excluding hydrogens is 242 g/mol. The first-order valence-corrected chi connectivity index (χ1v) is 6.30. The molecule has 1 unspecified atom stereocenters. The Hall–Kier alpha value is -1.85. The highest BCUT2D eigenvalue weighted by atomic mass is 16.3. The van der Waals surface area contributed by atoms with Gasteiger partial charge >= 0.3 is 0 Å². The summed E-state index contributed by atoms with van der Waals surface area (Å²) < 4.78 is 0. The van der Waals surface area contributed by atoms with Gasteiger partial charge in [0.05, 0.1) is 12.6 Å². The van der Waals surface area contributed by atoms with Gasteiger partial charge in [0, 0.05) is 30.7 Å². The van der Waals surface area contributed by atoms with Crippen molar-refractivity contribution in [2.24, 2.45) is 5.73 Å². The van der Waals surface area contributed by atoms with Gasteiger partial charge in [0.15, 0.2) is 0 Å². The number of carbonyl (C=O) groups is 1. The number of carbonyl (C=O) groups excluding carboxylic acids is 1. The molecule has 102 valence electrons. The van der Waals surface area contributed by atoms with Crippen LogP contribution in [0, 0.1) is 0 Å². The van der Waals surface area contributed by atoms with Crippen LogP contribution in [0.5, 0.6) is 0 Å². The largest absolute Gasteiger partial charge is 0.395 e. The van der Waals surface area contributed by atoms with Crippen LogP contribution in [-0.4, -0.2) is 47.1 Å². The first kappa shape index (κ1) is 13.6. The van der Waals surface area contributed by atoms with Crippen LogP contribution >= 0.6 is 0 Å². The number of benzene rings is 1. The molecule has 1 amide bonds. The molecule has 0 saturated carbocycles. The number of H-pyrrole nitrogens is 1. The normalized spacial score (nSPS) is 12.6. The molecule has 5 nitrogen and oxygen atoms in total. The van der Waals surface area contributed by atoms with E-state index in [1.54, 1.807) is 7.05 Å². The highest BCUT2D eigenvalue weighted by molar-refractivity contribution is 5.86. The second-order valence-corrected chi connectivity index (χ2v) is 4.65. The van der Waals surface area contributed by atoms with E-state index < -0.39 is 6.04 Å². The van der Waals surface area contributed by atoms with Crippen LogP contribution in [-0.2, 0) is 11.2 Å². The van der Waals surface area contributed by atoms with E-state index in [0.717, 1.165) is 16.5 Å². The van der Waals surface area contributed by atoms with E-state index in [0.29, 0.717) is 13.0 Å². The highest BCUT2D eigenvalue weighted by Crippen LogP contribution is 2.18. The molecule has 2 aromatic rings. The summed E-state index contributed by atoms with van der Waals surface area (Å²) in [5.74, 6) is -0.153. The molecule has 0 aliphatic rings. The molecule has 0 aliphatic carbocycles. The van der Waals surface area contributed by atoms with Gasteiger partial charge in [-0.25, -0.2) is 0 Å². The zero-order chi connectivity index (χ0) is 13.8. The van der Waals surface area contributed by atoms with Crippen molar-refractivity contribution >= 4 is 16.8 Å². The zero-order valence-electron chi connectivity index (χ0n) is 11.0. The molecule has 2 rings (SSSR count). The summed E-state index contributed by atoms with van der Waals surface area (Å²) in [7, 11) is 1.65. The first-order valence-electron chi connectivity index (χ1n) is 6.30. The number of nitrogens with zero attached hydrogens (tertiary/aromatic N) is 1. The van der Waals surface area contributed by atoms with Crippen LogP contribution in [0.4, 0.5) is 0 Å². The van der Waals surface area contributed by atoms with E-state index in [9.17, 15) is 4.79 Å². The van der Waals surface area contributed by atoms with Gasteiger partial charge in [-0.05, 0) is 18.1 Å². The summed E-state index contributed by atoms with van der Waals surface area (Å²) in [6, 6.07) is 7.34. The Kier molecular flexibility index (Phi) is 4.19. The van der Waals surface area contributed by atoms with Crippen molar-refractivity contribution in [2.75, 3.05) is 20.2 Å². The molecule has 0 spiro atoms. The van der Waals surface area contributed by atoms with Crippen molar-refractivity contribution in [1.82, 2.24) is 9.88 Å². The molecule has 4 N–H and O–H groups in total. The lowest BCUT2D eigenvalue weighted by molar-refractivity contribution is -0.131. The van der Waals surface area contributed by atoms with E-state index in [1.165, 1.54) is 4.90 Å². The molecule has 0 radical (unpaired) electrons. The second-order valence-electron chi connectivity index (χ2n) is 4.65. The predicted molar refractivity (Wildman–Crippen MR) is 74.7 cm³/mol. The van der Waals surface area contributed by atoms with E-state index >= 15 is 0 Å². The monoisotopic (exact) mass is 261 g/mol. The molecule has 0 fully saturated rings. The third kappa shape index (κ3) is 2.94. The third-order valence-corrected chi connectivity index (χ3v) is 3.24. The standard InChI is InChI=1S/C14H19N3O2/c1-17(6-7-18)14(19)12(15)8-10-9-16-13-5-3-2-4-11(10)13/h2-5,9,12,16,18H,6-8,15H2,1H3. The van der Waals surface area contributed by atoms with Crippen molar-refractivity contribution < 1.29 is 9.90 Å². The van der Waals surface area contributed by atoms with E-state index in [2.05, 4.69) is 4.98 Å². The Morgan fingerprint density at radius 1 is 1.47 bits per heavy atom. The second kappa shape index (κ2) is 5.86. The molecule has 19 heavy (non-hydrogen) atoms. The molecule has 1 heterocycles. The van der Waals surface area contributed by atoms with Crippen molar-refractivity contribution in [2.45, 2.75) is 12.5 Å². The predicted octanol–water partition coefficient (Wildman–Crippen LogP) is 0.488. The van der Waals surface area contributed by atoms with Gasteiger partial charge in [-0.1, -0.05) is 18.2 Å². The van der Waals surface area contributed by atoms with Crippen LogP contribution in [0.3, 0.4) is 0 Å². The topological polar surface area (TPSA) is 82.3 Å². The van der Waals surface area contributed by atoms with Gasteiger partial charge in [-0.2, -0.15) is 0 Å². The number of aromatic amines is 1. The fraction of sp³-hybridized carbons (Fsp3) is 0.357. The number of para-hydroxylation sites is 1. The summed E-state index contributed by atoms with van der Waals surface area (Å²) in [5.41, 5.74) is 8.02. The Morgan fingerprint density at radius 2 is 2.21 bits per heavy atom. The summed E-state index contributed by atoms with van der Waals surface area (Å²) in [4.78, 5) is 16.6. The fourth-order valence-corrected chi connectivity index (χ4v) is 2.17. The SMILES string of the molecule is CN(CCO)C(=O)C(N)Cc1c[nH]c2ccccc12. The fourth-order valence-electron chi connectivity index (χ4n) is 2.17. The van der Waals surface area contributed by atoms with Crippen LogP contribution < -0.4 is 5.73 Å². The minimum Gasteiger partial charge on any atom is -0.395 e. The van der Waals surface area contributed by atoms with Crippen LogP contribution in [0.1, 0.15) is 5.56 Å². The van der Waals surface area contributed by atoms with Crippen molar-refractivity contribution in [1.29, 1.82) is 0 Å². The number of hydrogen-bond donors (Lipinski definition) is 3. The average molecular weight is 261 g/mol. The molecule has 1 aromatic heterocycles. The number of nitrogens with two attached hydrogens (primary N) is 1. The number of nitrogens with one attached hydrogen (secondary N) is 1. The maximum Gasteiger partial charge on any atom is 0.239 e. The molecule has 1 atom stereocenters. The van der Waals surface area contributed by atoms with Crippen LogP contribution in [0.2, 0.25) is 0 Å². The molecular formula is C14H19N3O2. The lowest BCUT2D eigenvalue weighted by Crippen LogP contribution is -2.44. The van der Waals surface area contributed by atoms with Crippen molar-refractivity contribution in [3.05, 3.63) is 36.0 Å². The van der Waals surface area contributed by atoms with Crippen molar-refractivity contribution in [3.63, 3.8) is 0 Å². The lowest BCUT2D eigenvalue weighted by Gasteiger charge is -2.20. The Labute approximate surface area is 112 Å². The third-order valence-electron chi connectivity index (χ3n) is 3.24. The summed E-state index contributed by atoms with van der Waals surface area (Å²) in [5, 5.41) is 9.92. The minimum absolute atomic E-state index is 0.0535. The quantitative estimate of drug-likeness (QED) is 0.732. The highest BCUT2D eigenvalue weighted by Gasteiger charge is 2.19. The molecule has 5 heteroatoms. The summed E-state index contributed by atoms with van der Waals surface area (Å²) in [6.07, 6.45) is 2.38. The number of hydrogen-bond acceptors (Lipinski definition) is 3. The van der Waals surface area contributed by atoms with E-state index in [-0.39, 0.29) is 12.5 Å². The molecule has 0 aliphatic heterocycles. The lowest BCUT2D eigenvalue weighted by atomic mass is 10.0. The number of likely N-dealkylation sites (N-methyl/N-ethyl adjacent to an activating group) is 1. The van der Waals surface area contributed by atoms with Crippen molar-refractivity contribution in [3.8, 4) is 0 Å². The van der Waals surface area contributed by atoms with Gasteiger partial charge in [-0.3, -0.25) is 4.79 Å². The number of aliphatic hydroxyl groups is 1. The molecule has 0 saturated heterocycles. The summed E-state index contributed by atoms with van der Waals surface area (Å²) in [6.45, 7) is 0.252. The maximum absolute atomic E-state index is 12.0. The van der Waals surface area contributed by atoms with Gasteiger partial charge in [-0.15, -0.1) is 0 Å². The Morgan fingerprint density at radius 3 is 2.95 bits per heavy atom. The summed E-state index contributed by atoms with van der Waals surface area (Å²) >= 11 is 0. The Balaban J connectivity index is 2.10. The van der Waals surface area contributed by atoms with Gasteiger partial charge in [0.25, 0.3) is 0 Å².